The Morgan fingerprint density at radius 2 is 1.81 bits per heavy atom. The fraction of sp³-hybridized carbons (Fsp3) is 0.407. The molecule has 0 atom stereocenters. The van der Waals surface area contributed by atoms with E-state index >= 15 is 4.39 Å². The lowest BCUT2D eigenvalue weighted by Crippen LogP contribution is -2.27. The maximum Gasteiger partial charge on any atom is 0.391 e. The predicted octanol–water partition coefficient (Wildman–Crippen LogP) is 7.22. The second kappa shape index (κ2) is 12.0. The maximum absolute atomic E-state index is 15.9. The van der Waals surface area contributed by atoms with Gasteiger partial charge in [-0.15, -0.1) is 11.3 Å². The van der Waals surface area contributed by atoms with E-state index in [1.54, 1.807) is 19.9 Å². The summed E-state index contributed by atoms with van der Waals surface area (Å²) in [7, 11) is -3.32. The van der Waals surface area contributed by atoms with E-state index in [0.29, 0.717) is 11.6 Å². The van der Waals surface area contributed by atoms with E-state index in [4.69, 9.17) is 14.6 Å². The molecule has 8 nitrogen and oxygen atoms in total. The molecule has 1 aromatic heterocycles. The van der Waals surface area contributed by atoms with E-state index in [-0.39, 0.29) is 59.4 Å². The number of hydrogen-bond donors (Lipinski definition) is 2. The van der Waals surface area contributed by atoms with Gasteiger partial charge in [-0.1, -0.05) is 6.07 Å². The number of methoxy groups -OCH3 is 1. The van der Waals surface area contributed by atoms with Gasteiger partial charge >= 0.3 is 12.1 Å². The lowest BCUT2D eigenvalue weighted by molar-refractivity contribution is -0.182. The van der Waals surface area contributed by atoms with Gasteiger partial charge in [0, 0.05) is 17.0 Å². The number of anilines is 1. The minimum atomic E-state index is -4.46. The molecule has 0 saturated heterocycles. The monoisotopic (exact) mass is 634 g/mol. The van der Waals surface area contributed by atoms with E-state index in [9.17, 15) is 30.8 Å². The topological polar surface area (TPSA) is 115 Å². The van der Waals surface area contributed by atoms with Crippen LogP contribution in [0.2, 0.25) is 0 Å². The molecule has 2 N–H and O–H groups in total. The summed E-state index contributed by atoms with van der Waals surface area (Å²) in [5.74, 6) is -5.72. The molecule has 1 fully saturated rings. The van der Waals surface area contributed by atoms with Gasteiger partial charge in [0.1, 0.15) is 16.6 Å². The molecule has 0 radical (unpaired) electrons. The fourth-order valence-electron chi connectivity index (χ4n) is 4.81. The number of aromatic nitrogens is 1. The Balaban J connectivity index is 1.64. The van der Waals surface area contributed by atoms with Crippen LogP contribution in [0.4, 0.5) is 27.6 Å². The van der Waals surface area contributed by atoms with Gasteiger partial charge in [0.05, 0.1) is 35.9 Å². The van der Waals surface area contributed by atoms with Crippen LogP contribution < -0.4 is 14.2 Å². The molecule has 0 spiro atoms. The number of carboxylic acids is 1. The Morgan fingerprint density at radius 1 is 1.14 bits per heavy atom. The Bertz CT molecular complexity index is 1580. The van der Waals surface area contributed by atoms with Crippen molar-refractivity contribution in [2.75, 3.05) is 11.8 Å². The zero-order valence-corrected chi connectivity index (χ0v) is 24.2. The van der Waals surface area contributed by atoms with E-state index in [2.05, 4.69) is 9.71 Å². The standard InChI is InChI=1S/C27H27F5N2O6S2/c1-13(2)40-24-16(14-4-6-15(7-5-14)27(30,31)32)8-9-17(23(24)29)25-33-22(12-41-25)42(37,38)34-20-11-19(28)18(26(35)36)10-21(20)39-3/h8-15,34H,4-7H2,1-3H3,(H,35,36). The molecule has 3 aromatic rings. The summed E-state index contributed by atoms with van der Waals surface area (Å²) >= 11 is 0.812. The summed E-state index contributed by atoms with van der Waals surface area (Å²) < 4.78 is 109. The largest absolute Gasteiger partial charge is 0.495 e. The molecular formula is C27H27F5N2O6S2. The zero-order chi connectivity index (χ0) is 31.0. The lowest BCUT2D eigenvalue weighted by Gasteiger charge is -2.31. The number of halogens is 5. The highest BCUT2D eigenvalue weighted by molar-refractivity contribution is 7.92. The van der Waals surface area contributed by atoms with Gasteiger partial charge in [-0.05, 0) is 57.6 Å². The molecule has 0 amide bonds. The molecule has 42 heavy (non-hydrogen) atoms. The normalized spacial score (nSPS) is 17.7. The first-order chi connectivity index (χ1) is 19.6. The van der Waals surface area contributed by atoms with Crippen molar-refractivity contribution in [3.05, 3.63) is 52.4 Å². The lowest BCUT2D eigenvalue weighted by atomic mass is 9.78. The number of ether oxygens (including phenoxy) is 2. The number of rotatable bonds is 9. The van der Waals surface area contributed by atoms with Gasteiger partial charge in [-0.3, -0.25) is 4.72 Å². The molecule has 1 saturated carbocycles. The molecule has 1 aliphatic rings. The van der Waals surface area contributed by atoms with Gasteiger partial charge in [-0.2, -0.15) is 21.6 Å². The Labute approximate surface area is 242 Å². The van der Waals surface area contributed by atoms with Crippen LogP contribution in [0.3, 0.4) is 0 Å². The first-order valence-corrected chi connectivity index (χ1v) is 15.1. The predicted molar refractivity (Wildman–Crippen MR) is 145 cm³/mol. The van der Waals surface area contributed by atoms with Crippen LogP contribution in [0.5, 0.6) is 11.5 Å². The van der Waals surface area contributed by atoms with Crippen LogP contribution in [-0.2, 0) is 10.0 Å². The summed E-state index contributed by atoms with van der Waals surface area (Å²) in [6, 6.07) is 4.44. The van der Waals surface area contributed by atoms with Crippen molar-refractivity contribution in [2.45, 2.75) is 62.8 Å². The third-order valence-electron chi connectivity index (χ3n) is 6.86. The van der Waals surface area contributed by atoms with Crippen molar-refractivity contribution in [2.24, 2.45) is 5.92 Å². The molecule has 0 bridgehead atoms. The van der Waals surface area contributed by atoms with E-state index in [0.717, 1.165) is 29.9 Å². The number of benzene rings is 2. The second-order valence-corrected chi connectivity index (χ2v) is 12.5. The minimum absolute atomic E-state index is 0.0202. The average Bonchev–Trinajstić information content (AvgIpc) is 3.40. The quantitative estimate of drug-likeness (QED) is 0.239. The van der Waals surface area contributed by atoms with Gasteiger partial charge < -0.3 is 14.6 Å². The summed E-state index contributed by atoms with van der Waals surface area (Å²) in [5.41, 5.74) is -0.731. The summed E-state index contributed by atoms with van der Waals surface area (Å²) in [6.07, 6.45) is -4.48. The number of aromatic carboxylic acids is 1. The molecule has 1 aliphatic carbocycles. The molecule has 4 rings (SSSR count). The highest BCUT2D eigenvalue weighted by Crippen LogP contribution is 2.47. The van der Waals surface area contributed by atoms with Crippen molar-refractivity contribution < 1.29 is 49.7 Å². The van der Waals surface area contributed by atoms with Crippen LogP contribution in [0.1, 0.15) is 61.4 Å². The summed E-state index contributed by atoms with van der Waals surface area (Å²) in [5, 5.41) is 9.69. The van der Waals surface area contributed by atoms with E-state index in [1.807, 2.05) is 0 Å². The first-order valence-electron chi connectivity index (χ1n) is 12.8. The summed E-state index contributed by atoms with van der Waals surface area (Å²) in [4.78, 5) is 15.2. The Morgan fingerprint density at radius 3 is 2.38 bits per heavy atom. The smallest absolute Gasteiger partial charge is 0.391 e. The summed E-state index contributed by atoms with van der Waals surface area (Å²) in [6.45, 7) is 3.35. The number of hydrogen-bond acceptors (Lipinski definition) is 7. The molecule has 0 unspecified atom stereocenters. The van der Waals surface area contributed by atoms with E-state index < -0.39 is 56.4 Å². The Kier molecular flexibility index (Phi) is 9.02. The third-order valence-corrected chi connectivity index (χ3v) is 9.14. The van der Waals surface area contributed by atoms with Gasteiger partial charge in [0.15, 0.2) is 16.6 Å². The number of nitrogens with one attached hydrogen (secondary N) is 1. The minimum Gasteiger partial charge on any atom is -0.495 e. The third kappa shape index (κ3) is 6.61. The van der Waals surface area contributed by atoms with Crippen LogP contribution in [0.15, 0.2) is 34.7 Å². The van der Waals surface area contributed by atoms with Crippen molar-refractivity contribution in [1.82, 2.24) is 4.98 Å². The number of alkyl halides is 3. The van der Waals surface area contributed by atoms with Crippen LogP contribution >= 0.6 is 11.3 Å². The van der Waals surface area contributed by atoms with Gasteiger partial charge in [-0.25, -0.2) is 18.6 Å². The SMILES string of the molecule is COc1cc(C(=O)O)c(F)cc1NS(=O)(=O)c1csc(-c2ccc(C3CCC(C(F)(F)F)CC3)c(OC(C)C)c2F)n1. The average molecular weight is 635 g/mol. The number of sulfonamides is 1. The van der Waals surface area contributed by atoms with Crippen LogP contribution in [-0.4, -0.2) is 43.9 Å². The van der Waals surface area contributed by atoms with Crippen molar-refractivity contribution in [3.8, 4) is 22.1 Å². The van der Waals surface area contributed by atoms with Gasteiger partial charge in [0.2, 0.25) is 0 Å². The van der Waals surface area contributed by atoms with Crippen LogP contribution in [0.25, 0.3) is 10.6 Å². The highest BCUT2D eigenvalue weighted by Gasteiger charge is 2.42. The number of carboxylic acid groups (broad SMARTS) is 1. The Hall–Kier alpha value is -3.46. The molecule has 0 aliphatic heterocycles. The molecule has 15 heteroatoms. The highest BCUT2D eigenvalue weighted by atomic mass is 32.2. The van der Waals surface area contributed by atoms with Crippen molar-refractivity contribution in [3.63, 3.8) is 0 Å². The van der Waals surface area contributed by atoms with Crippen molar-refractivity contribution >= 4 is 33.0 Å². The van der Waals surface area contributed by atoms with Crippen molar-refractivity contribution in [1.29, 1.82) is 0 Å². The van der Waals surface area contributed by atoms with Crippen LogP contribution in [0, 0.1) is 17.6 Å². The maximum atomic E-state index is 15.9. The molecule has 2 aromatic carbocycles. The molecule has 228 valence electrons. The second-order valence-electron chi connectivity index (χ2n) is 10.0. The fourth-order valence-corrected chi connectivity index (χ4v) is 6.99. The number of carbonyl (C=O) groups is 1. The van der Waals surface area contributed by atoms with E-state index in [1.165, 1.54) is 6.07 Å². The number of nitrogens with zero attached hydrogens (tertiary/aromatic N) is 1. The van der Waals surface area contributed by atoms with Gasteiger partial charge in [0.25, 0.3) is 10.0 Å². The molecule has 1 heterocycles. The molecular weight excluding hydrogens is 607 g/mol. The number of thiazole rings is 1. The first kappa shape index (κ1) is 31.5. The zero-order valence-electron chi connectivity index (χ0n) is 22.6.